The third kappa shape index (κ3) is 27.5. The predicted octanol–water partition coefficient (Wildman–Crippen LogP) is 3.79. The molecule has 28 heteroatoms. The smallest absolute Gasteiger partial charge is 0.248 e. The van der Waals surface area contributed by atoms with Crippen molar-refractivity contribution in [2.75, 3.05) is 101 Å². The van der Waals surface area contributed by atoms with Gasteiger partial charge in [-0.05, 0) is 114 Å². The van der Waals surface area contributed by atoms with Crippen molar-refractivity contribution in [3.05, 3.63) is 71.8 Å². The van der Waals surface area contributed by atoms with Gasteiger partial charge in [-0.25, -0.2) is 0 Å². The van der Waals surface area contributed by atoms with E-state index in [0.717, 1.165) is 6.42 Å². The van der Waals surface area contributed by atoms with Crippen LogP contribution in [0.3, 0.4) is 0 Å². The number of ether oxygens (including phenoxy) is 2. The number of rotatable bonds is 21. The van der Waals surface area contributed by atoms with E-state index < -0.39 is 168 Å². The van der Waals surface area contributed by atoms with Gasteiger partial charge >= 0.3 is 0 Å². The van der Waals surface area contributed by atoms with Crippen LogP contribution in [0.2, 0.25) is 0 Å². The van der Waals surface area contributed by atoms with E-state index in [1.165, 1.54) is 71.6 Å². The fraction of sp³-hybridized carbons (Fsp3) is 0.700. The van der Waals surface area contributed by atoms with Crippen LogP contribution < -0.4 is 26.6 Å². The van der Waals surface area contributed by atoms with E-state index in [0.29, 0.717) is 76.2 Å². The van der Waals surface area contributed by atoms with Crippen LogP contribution >= 0.6 is 0 Å². The first-order chi connectivity index (χ1) is 50.8. The fourth-order valence-electron chi connectivity index (χ4n) is 14.0. The maximum absolute atomic E-state index is 15.6. The highest BCUT2D eigenvalue weighted by atomic mass is 16.5. The van der Waals surface area contributed by atoms with Gasteiger partial charge in [-0.1, -0.05) is 129 Å². The number of carbonyl (C=O) groups excluding carboxylic acids is 12. The number of piperidine rings is 1. The summed E-state index contributed by atoms with van der Waals surface area (Å²) < 4.78 is 11.9. The van der Waals surface area contributed by atoms with Gasteiger partial charge in [0, 0.05) is 87.3 Å². The molecular weight excluding hydrogens is 1380 g/mol. The van der Waals surface area contributed by atoms with E-state index in [-0.39, 0.29) is 69.4 Å². The highest BCUT2D eigenvalue weighted by Crippen LogP contribution is 2.24. The largest absolute Gasteiger partial charge is 0.391 e. The molecule has 3 heterocycles. The van der Waals surface area contributed by atoms with Gasteiger partial charge in [0.05, 0.1) is 44.5 Å². The van der Waals surface area contributed by atoms with Crippen LogP contribution in [0, 0.1) is 23.7 Å². The summed E-state index contributed by atoms with van der Waals surface area (Å²) in [6.45, 7) is 24.9. The summed E-state index contributed by atoms with van der Waals surface area (Å²) in [4.78, 5) is 194. The molecule has 3 fully saturated rings. The molecule has 3 aliphatic heterocycles. The van der Waals surface area contributed by atoms with Crippen LogP contribution in [-0.2, 0) is 79.8 Å². The molecule has 6 N–H and O–H groups in total. The number of likely N-dealkylation sites (tertiary alicyclic amines) is 1. The van der Waals surface area contributed by atoms with Gasteiger partial charge in [-0.2, -0.15) is 0 Å². The second-order valence-electron chi connectivity index (χ2n) is 32.2. The van der Waals surface area contributed by atoms with E-state index in [4.69, 9.17) is 9.47 Å². The van der Waals surface area contributed by atoms with Gasteiger partial charge in [-0.3, -0.25) is 62.4 Å². The van der Waals surface area contributed by atoms with Crippen molar-refractivity contribution < 1.29 is 72.1 Å². The Morgan fingerprint density at radius 2 is 1.03 bits per heavy atom. The number of amides is 12. The number of benzene rings is 2. The first kappa shape index (κ1) is 90.5. The van der Waals surface area contributed by atoms with Crippen LogP contribution in [0.5, 0.6) is 0 Å². The number of unbranched alkanes of at least 4 members (excludes halogenated alkanes) is 1. The second kappa shape index (κ2) is 43.3. The molecule has 0 saturated carbocycles. The monoisotopic (exact) mass is 1510 g/mol. The standard InChI is InChI=1S/C80H129N13O15/c1-19-20-35-93-49-67(96)86(14)63(45-53(6)7)71(98)84-61(50-108-80(11,12)13)76(103)89(17)65(47-57-32-26-22-27-33-57)78(105)90(18)69(54(8)9)73(100)83-60(77(104)92-36-28-23-29-37-92)48-66(95)81-58(43-51(2)3)74(101)88(16)64(46-56-30-24-21-25-31-56)72(99)82-59(44-52(4)5)75(102)87(15)62(34-38-91-39-41-107-42-40-91)70(97)85-68(55(10)94)79(93)106/h21-22,24-27,30-33,51-55,58-65,68-69,94H,19-20,23,28-29,34-50H2,1-18H3,(H,81,95)(H,82,99)(H,83,100)(H,84,98)(H,85,97)/t55-,58-,59+,60+,61+,62+,63+,64+,65+,68+,69+/m1/s1. The topological polar surface area (TPSA) is 330 Å². The van der Waals surface area contributed by atoms with Gasteiger partial charge < -0.3 is 75.5 Å². The Kier molecular flexibility index (Phi) is 36.3. The van der Waals surface area contributed by atoms with Crippen molar-refractivity contribution >= 4 is 70.9 Å². The van der Waals surface area contributed by atoms with E-state index in [1.54, 1.807) is 100 Å². The van der Waals surface area contributed by atoms with Gasteiger partial charge in [0.25, 0.3) is 0 Å². The SMILES string of the molecule is CCCCN1CC(=O)N(C)[C@@H](CC(C)C)C(=O)N[C@@H](COC(C)(C)C)C(=O)N(C)[C@@H](Cc2ccccc2)C(=O)N(C)[C@@H](C(C)C)C(=O)N[C@H](C(=O)N2CCCCC2)CC(=O)N[C@H](CC(C)C)C(=O)N(C)[C@@H](Cc2ccccc2)C(=O)N[C@@H](CC(C)C)C(=O)N(C)[C@@H](CCN2CCOCC2)C(=O)N[C@@H]([C@@H](C)O)C1=O. The molecule has 0 bridgehead atoms. The van der Waals surface area contributed by atoms with Gasteiger partial charge in [0.2, 0.25) is 70.9 Å². The minimum absolute atomic E-state index is 0.0168. The van der Waals surface area contributed by atoms with Crippen molar-refractivity contribution in [3.8, 4) is 0 Å². The molecule has 12 amide bonds. The summed E-state index contributed by atoms with van der Waals surface area (Å²) in [6.07, 6.45) is 0.984. The maximum atomic E-state index is 15.6. The zero-order valence-corrected chi connectivity index (χ0v) is 67.7. The Hall–Kier alpha value is -8.08. The summed E-state index contributed by atoms with van der Waals surface area (Å²) >= 11 is 0. The molecular formula is C80H129N13O15. The molecule has 0 aromatic heterocycles. The molecule has 3 aliphatic rings. The maximum Gasteiger partial charge on any atom is 0.248 e. The van der Waals surface area contributed by atoms with Gasteiger partial charge in [0.15, 0.2) is 0 Å². The minimum atomic E-state index is -1.68. The molecule has 2 aromatic carbocycles. The zero-order valence-electron chi connectivity index (χ0n) is 67.7. The highest BCUT2D eigenvalue weighted by Gasteiger charge is 2.44. The predicted molar refractivity (Wildman–Crippen MR) is 412 cm³/mol. The third-order valence-corrected chi connectivity index (χ3v) is 20.3. The number of nitrogens with zero attached hydrogens (tertiary/aromatic N) is 8. The number of aliphatic hydroxyl groups is 1. The minimum Gasteiger partial charge on any atom is -0.391 e. The molecule has 108 heavy (non-hydrogen) atoms. The summed E-state index contributed by atoms with van der Waals surface area (Å²) in [5.74, 6) is -10.1. The molecule has 5 rings (SSSR count). The first-order valence-electron chi connectivity index (χ1n) is 39.0. The molecule has 0 radical (unpaired) electrons. The number of morpholine rings is 1. The Morgan fingerprint density at radius 1 is 0.537 bits per heavy atom. The quantitative estimate of drug-likeness (QED) is 0.104. The molecule has 0 unspecified atom stereocenters. The van der Waals surface area contributed by atoms with Gasteiger partial charge in [0.1, 0.15) is 60.4 Å². The average Bonchev–Trinajstić information content (AvgIpc) is 0.819. The first-order valence-corrected chi connectivity index (χ1v) is 39.0. The third-order valence-electron chi connectivity index (χ3n) is 20.3. The van der Waals surface area contributed by atoms with E-state index in [9.17, 15) is 19.5 Å². The molecule has 2 aromatic rings. The second-order valence-corrected chi connectivity index (χ2v) is 32.2. The van der Waals surface area contributed by atoms with E-state index in [2.05, 4.69) is 31.5 Å². The van der Waals surface area contributed by atoms with Gasteiger partial charge in [-0.15, -0.1) is 0 Å². The highest BCUT2D eigenvalue weighted by molar-refractivity contribution is 6.00. The molecule has 0 aliphatic carbocycles. The fourth-order valence-corrected chi connectivity index (χ4v) is 14.0. The number of hydrogen-bond acceptors (Lipinski definition) is 16. The molecule has 11 atom stereocenters. The Bertz CT molecular complexity index is 3280. The number of aliphatic hydroxyl groups excluding tert-OH is 1. The van der Waals surface area contributed by atoms with Crippen LogP contribution in [0.1, 0.15) is 165 Å². The van der Waals surface area contributed by atoms with Crippen LogP contribution in [0.25, 0.3) is 0 Å². The summed E-state index contributed by atoms with van der Waals surface area (Å²) in [5.41, 5.74) is 0.418. The Labute approximate surface area is 641 Å². The normalized spacial score (nSPS) is 25.2. The summed E-state index contributed by atoms with van der Waals surface area (Å²) in [7, 11) is 7.10. The molecule has 604 valence electrons. The van der Waals surface area contributed by atoms with Crippen molar-refractivity contribution in [3.63, 3.8) is 0 Å². The average molecular weight is 1510 g/mol. The van der Waals surface area contributed by atoms with Crippen molar-refractivity contribution in [2.24, 2.45) is 23.7 Å². The number of nitrogens with one attached hydrogen (secondary N) is 5. The lowest BCUT2D eigenvalue weighted by Gasteiger charge is -2.38. The van der Waals surface area contributed by atoms with E-state index >= 15 is 43.2 Å². The lowest BCUT2D eigenvalue weighted by atomic mass is 9.97. The molecule has 0 spiro atoms. The number of carbonyl (C=O) groups is 12. The Balaban J connectivity index is 1.74. The van der Waals surface area contributed by atoms with Crippen LogP contribution in [-0.4, -0.2) is 288 Å². The van der Waals surface area contributed by atoms with Crippen molar-refractivity contribution in [2.45, 2.75) is 239 Å². The van der Waals surface area contributed by atoms with E-state index in [1.807, 2.05) is 48.5 Å². The van der Waals surface area contributed by atoms with Crippen molar-refractivity contribution in [1.29, 1.82) is 0 Å². The summed E-state index contributed by atoms with van der Waals surface area (Å²) in [5, 5.41) is 26.0. The Morgan fingerprint density at radius 3 is 1.55 bits per heavy atom. The zero-order chi connectivity index (χ0) is 80.4. The number of likely N-dealkylation sites (N-methyl/N-ethyl adjacent to an activating group) is 5. The number of hydrogen-bond donors (Lipinski definition) is 6. The van der Waals surface area contributed by atoms with Crippen molar-refractivity contribution in [1.82, 2.24) is 65.8 Å². The summed E-state index contributed by atoms with van der Waals surface area (Å²) in [6, 6.07) is 3.92. The van der Waals surface area contributed by atoms with Crippen LogP contribution in [0.4, 0.5) is 0 Å². The molecule has 3 saturated heterocycles. The van der Waals surface area contributed by atoms with Crippen LogP contribution in [0.15, 0.2) is 60.7 Å². The lowest BCUT2D eigenvalue weighted by Crippen LogP contribution is -2.62. The molecule has 28 nitrogen and oxygen atoms in total. The lowest BCUT2D eigenvalue weighted by molar-refractivity contribution is -0.152.